The summed E-state index contributed by atoms with van der Waals surface area (Å²) in [6.07, 6.45) is 38.2. The van der Waals surface area contributed by atoms with Crippen molar-refractivity contribution in [3.05, 3.63) is 0 Å². The number of rotatable bonds is 42. The lowest BCUT2D eigenvalue weighted by Gasteiger charge is -2.21. The Balaban J connectivity index is 0. The van der Waals surface area contributed by atoms with Gasteiger partial charge in [0.15, 0.2) is 0 Å². The molecule has 0 unspecified atom stereocenters. The normalized spacial score (nSPS) is 11.4. The highest BCUT2D eigenvalue weighted by atomic mass is 16.5. The van der Waals surface area contributed by atoms with Crippen molar-refractivity contribution in [2.75, 3.05) is 32.8 Å². The van der Waals surface area contributed by atoms with Crippen LogP contribution in [0.4, 0.5) is 0 Å². The lowest BCUT2D eigenvalue weighted by atomic mass is 9.93. The first-order valence-electron chi connectivity index (χ1n) is 24.2. The number of carbonyl (C=O) groups excluding carboxylic acids is 2. The van der Waals surface area contributed by atoms with Crippen molar-refractivity contribution >= 4 is 11.9 Å². The van der Waals surface area contributed by atoms with Crippen LogP contribution in [-0.2, 0) is 19.1 Å². The molecule has 0 atom stereocenters. The molecule has 0 aromatic rings. The quantitative estimate of drug-likeness (QED) is 0.0492. The summed E-state index contributed by atoms with van der Waals surface area (Å²) in [6, 6.07) is 0. The van der Waals surface area contributed by atoms with Crippen molar-refractivity contribution in [1.82, 2.24) is 4.90 Å². The molecule has 6 heteroatoms. The van der Waals surface area contributed by atoms with Crippen LogP contribution in [0.3, 0.4) is 0 Å². The number of unbranched alkanes of at least 4 members (excludes halogenated alkanes) is 20. The van der Waals surface area contributed by atoms with Crippen LogP contribution in [0, 0.1) is 5.92 Å². The fraction of sp³-hybridized carbons (Fsp3) is 0.958. The summed E-state index contributed by atoms with van der Waals surface area (Å²) in [5.41, 5.74) is 0. The third-order valence-electron chi connectivity index (χ3n) is 10.9. The molecule has 0 rings (SSSR count). The maximum Gasteiger partial charge on any atom is 0.306 e. The monoisotopic (exact) mass is 768 g/mol. The van der Waals surface area contributed by atoms with E-state index < -0.39 is 0 Å². The van der Waals surface area contributed by atoms with Gasteiger partial charge >= 0.3 is 11.9 Å². The van der Waals surface area contributed by atoms with E-state index in [-0.39, 0.29) is 24.6 Å². The first-order valence-corrected chi connectivity index (χ1v) is 24.2. The van der Waals surface area contributed by atoms with Gasteiger partial charge < -0.3 is 19.5 Å². The zero-order chi connectivity index (χ0) is 40.2. The average Bonchev–Trinajstić information content (AvgIpc) is 3.18. The summed E-state index contributed by atoms with van der Waals surface area (Å²) in [4.78, 5) is 27.3. The number of aliphatic hydroxyl groups is 1. The number of hydrogen-bond acceptors (Lipinski definition) is 6. The SMILES string of the molecule is CC.CCCCCCCCC(CCCCCCCC)OC(=O)CCCCCCCN(CCO)CCCCCCCC(=O)OCCC(CCCC)CCCC. The molecule has 0 saturated heterocycles. The van der Waals surface area contributed by atoms with E-state index in [1.165, 1.54) is 128 Å². The van der Waals surface area contributed by atoms with Gasteiger partial charge in [-0.15, -0.1) is 0 Å². The highest BCUT2D eigenvalue weighted by molar-refractivity contribution is 5.69. The standard InChI is InChI=1S/C46H91NO5.C2H6/c1-5-9-13-15-19-25-33-44(34-26-20-16-14-10-6-2)52-46(50)36-28-22-18-24-30-39-47(40-41-48)38-29-23-17-21-27-35-45(49)51-42-37-43(31-11-7-3)32-12-8-4;1-2/h43-44,48H,5-42H2,1-4H3;1-2H3. The molecule has 0 fully saturated rings. The molecule has 6 nitrogen and oxygen atoms in total. The highest BCUT2D eigenvalue weighted by Crippen LogP contribution is 2.21. The van der Waals surface area contributed by atoms with Gasteiger partial charge in [-0.2, -0.15) is 0 Å². The van der Waals surface area contributed by atoms with Gasteiger partial charge in [0.2, 0.25) is 0 Å². The summed E-state index contributed by atoms with van der Waals surface area (Å²) in [7, 11) is 0. The minimum atomic E-state index is -0.0231. The Morgan fingerprint density at radius 1 is 0.463 bits per heavy atom. The molecule has 0 aliphatic rings. The maximum atomic E-state index is 12.7. The van der Waals surface area contributed by atoms with Gasteiger partial charge in [-0.05, 0) is 76.8 Å². The van der Waals surface area contributed by atoms with Gasteiger partial charge in [0, 0.05) is 19.4 Å². The van der Waals surface area contributed by atoms with Crippen LogP contribution in [-0.4, -0.2) is 60.9 Å². The van der Waals surface area contributed by atoms with Crippen molar-refractivity contribution in [3.8, 4) is 0 Å². The topological polar surface area (TPSA) is 76.1 Å². The van der Waals surface area contributed by atoms with E-state index in [4.69, 9.17) is 9.47 Å². The minimum absolute atomic E-state index is 0.0139. The summed E-state index contributed by atoms with van der Waals surface area (Å²) < 4.78 is 11.6. The van der Waals surface area contributed by atoms with E-state index in [9.17, 15) is 14.7 Å². The lowest BCUT2D eigenvalue weighted by Crippen LogP contribution is -2.29. The van der Waals surface area contributed by atoms with Crippen molar-refractivity contribution in [2.24, 2.45) is 5.92 Å². The first-order chi connectivity index (χ1) is 26.5. The van der Waals surface area contributed by atoms with Crippen LogP contribution in [0.25, 0.3) is 0 Å². The van der Waals surface area contributed by atoms with Crippen LogP contribution in [0.1, 0.15) is 253 Å². The van der Waals surface area contributed by atoms with E-state index in [0.29, 0.717) is 25.4 Å². The van der Waals surface area contributed by atoms with Crippen LogP contribution >= 0.6 is 0 Å². The second kappa shape index (κ2) is 46.2. The third kappa shape index (κ3) is 40.5. The molecule has 0 aliphatic heterocycles. The molecular weight excluding hydrogens is 671 g/mol. The summed E-state index contributed by atoms with van der Waals surface area (Å²) in [5, 5.41) is 9.57. The van der Waals surface area contributed by atoms with Crippen LogP contribution in [0.5, 0.6) is 0 Å². The minimum Gasteiger partial charge on any atom is -0.466 e. The van der Waals surface area contributed by atoms with E-state index in [1.807, 2.05) is 13.8 Å². The number of carbonyl (C=O) groups is 2. The van der Waals surface area contributed by atoms with Crippen LogP contribution in [0.2, 0.25) is 0 Å². The molecule has 1 N–H and O–H groups in total. The number of esters is 2. The zero-order valence-corrected chi connectivity index (χ0v) is 37.6. The van der Waals surface area contributed by atoms with Gasteiger partial charge in [-0.3, -0.25) is 9.59 Å². The third-order valence-corrected chi connectivity index (χ3v) is 10.9. The zero-order valence-electron chi connectivity index (χ0n) is 37.6. The van der Waals surface area contributed by atoms with Gasteiger partial charge in [-0.1, -0.05) is 183 Å². The lowest BCUT2D eigenvalue weighted by molar-refractivity contribution is -0.150. The number of aliphatic hydroxyl groups excluding tert-OH is 1. The Bertz CT molecular complexity index is 723. The molecule has 54 heavy (non-hydrogen) atoms. The van der Waals surface area contributed by atoms with Gasteiger partial charge in [0.1, 0.15) is 6.10 Å². The second-order valence-corrected chi connectivity index (χ2v) is 16.0. The predicted octanol–water partition coefficient (Wildman–Crippen LogP) is 14.3. The summed E-state index contributed by atoms with van der Waals surface area (Å²) in [5.74, 6) is 0.697. The van der Waals surface area contributed by atoms with Gasteiger partial charge in [0.05, 0.1) is 13.2 Å². The molecule has 0 heterocycles. The van der Waals surface area contributed by atoms with E-state index in [0.717, 1.165) is 90.3 Å². The smallest absolute Gasteiger partial charge is 0.306 e. The Hall–Kier alpha value is -1.14. The Morgan fingerprint density at radius 2 is 0.870 bits per heavy atom. The number of ether oxygens (including phenoxy) is 2. The van der Waals surface area contributed by atoms with Crippen LogP contribution < -0.4 is 0 Å². The van der Waals surface area contributed by atoms with Crippen LogP contribution in [0.15, 0.2) is 0 Å². The summed E-state index contributed by atoms with van der Waals surface area (Å²) in [6.45, 7) is 16.6. The average molecular weight is 768 g/mol. The molecule has 0 aromatic carbocycles. The fourth-order valence-corrected chi connectivity index (χ4v) is 7.39. The fourth-order valence-electron chi connectivity index (χ4n) is 7.39. The Labute approximate surface area is 338 Å². The molecule has 0 saturated carbocycles. The molecule has 0 aromatic heterocycles. The van der Waals surface area contributed by atoms with Gasteiger partial charge in [-0.25, -0.2) is 0 Å². The Morgan fingerprint density at radius 3 is 1.33 bits per heavy atom. The molecule has 0 bridgehead atoms. The van der Waals surface area contributed by atoms with Crippen molar-refractivity contribution in [2.45, 2.75) is 260 Å². The van der Waals surface area contributed by atoms with Crippen molar-refractivity contribution in [1.29, 1.82) is 0 Å². The molecule has 0 aliphatic carbocycles. The predicted molar refractivity (Wildman–Crippen MR) is 234 cm³/mol. The molecule has 0 spiro atoms. The molecule has 324 valence electrons. The van der Waals surface area contributed by atoms with Crippen molar-refractivity contribution < 1.29 is 24.2 Å². The largest absolute Gasteiger partial charge is 0.466 e. The Kier molecular flexibility index (Phi) is 47.1. The highest BCUT2D eigenvalue weighted by Gasteiger charge is 2.15. The maximum absolute atomic E-state index is 12.7. The molecular formula is C48H97NO5. The van der Waals surface area contributed by atoms with E-state index in [1.54, 1.807) is 0 Å². The number of nitrogens with zero attached hydrogens (tertiary/aromatic N) is 1. The van der Waals surface area contributed by atoms with Crippen molar-refractivity contribution in [3.63, 3.8) is 0 Å². The molecule has 0 amide bonds. The van der Waals surface area contributed by atoms with E-state index in [2.05, 4.69) is 32.6 Å². The van der Waals surface area contributed by atoms with E-state index >= 15 is 0 Å². The number of hydrogen-bond donors (Lipinski definition) is 1. The van der Waals surface area contributed by atoms with Gasteiger partial charge in [0.25, 0.3) is 0 Å². The first kappa shape index (κ1) is 55.0. The summed E-state index contributed by atoms with van der Waals surface area (Å²) >= 11 is 0. The molecule has 0 radical (unpaired) electrons. The second-order valence-electron chi connectivity index (χ2n) is 16.0.